The molecule has 2 rings (SSSR count). The molecule has 0 aliphatic carbocycles. The van der Waals surface area contributed by atoms with Crippen molar-refractivity contribution in [3.63, 3.8) is 0 Å². The number of H-pyrrole nitrogens is 1. The van der Waals surface area contributed by atoms with E-state index in [0.29, 0.717) is 18.9 Å². The molecule has 0 saturated heterocycles. The van der Waals surface area contributed by atoms with Crippen LogP contribution in [0.15, 0.2) is 23.4 Å². The van der Waals surface area contributed by atoms with E-state index in [1.807, 2.05) is 32.0 Å². The van der Waals surface area contributed by atoms with Crippen molar-refractivity contribution in [1.29, 1.82) is 0 Å². The lowest BCUT2D eigenvalue weighted by atomic mass is 10.3. The summed E-state index contributed by atoms with van der Waals surface area (Å²) < 4.78 is 5.46. The fraction of sp³-hybridized carbons (Fsp3) is 0.429. The Morgan fingerprint density at radius 2 is 2.33 bits per heavy atom. The number of ether oxygens (including phenoxy) is 1. The van der Waals surface area contributed by atoms with E-state index in [9.17, 15) is 4.79 Å². The number of hydrogen-bond donors (Lipinski definition) is 3. The van der Waals surface area contributed by atoms with Gasteiger partial charge in [-0.3, -0.25) is 4.79 Å². The third-order valence-corrected chi connectivity index (χ3v) is 3.89. The summed E-state index contributed by atoms with van der Waals surface area (Å²) in [7, 11) is 0. The molecule has 0 aliphatic heterocycles. The quantitative estimate of drug-likeness (QED) is 0.643. The number of rotatable bonds is 8. The highest BCUT2D eigenvalue weighted by molar-refractivity contribution is 7.99. The summed E-state index contributed by atoms with van der Waals surface area (Å²) in [6.45, 7) is 5.22. The molecule has 0 radical (unpaired) electrons. The number of imidazole rings is 1. The number of carbonyl (C=O) groups is 1. The molecule has 0 fully saturated rings. The van der Waals surface area contributed by atoms with E-state index in [1.54, 1.807) is 0 Å². The van der Waals surface area contributed by atoms with Crippen LogP contribution >= 0.6 is 11.8 Å². The summed E-state index contributed by atoms with van der Waals surface area (Å²) in [5, 5.41) is 3.82. The van der Waals surface area contributed by atoms with Crippen molar-refractivity contribution < 1.29 is 9.53 Å². The van der Waals surface area contributed by atoms with Gasteiger partial charge in [0.2, 0.25) is 5.91 Å². The molecule has 21 heavy (non-hydrogen) atoms. The van der Waals surface area contributed by atoms with Crippen molar-refractivity contribution in [1.82, 2.24) is 15.3 Å². The normalized spacial score (nSPS) is 12.5. The molecule has 0 spiro atoms. The Balaban J connectivity index is 2.06. The molecule has 114 valence electrons. The highest BCUT2D eigenvalue weighted by Gasteiger charge is 2.15. The predicted molar refractivity (Wildman–Crippen MR) is 84.6 cm³/mol. The van der Waals surface area contributed by atoms with Gasteiger partial charge in [0.05, 0.1) is 23.7 Å². The van der Waals surface area contributed by atoms with Crippen LogP contribution in [0.3, 0.4) is 0 Å². The Labute approximate surface area is 127 Å². The van der Waals surface area contributed by atoms with Crippen molar-refractivity contribution in [2.45, 2.75) is 25.0 Å². The monoisotopic (exact) mass is 308 g/mol. The van der Waals surface area contributed by atoms with Gasteiger partial charge in [0.15, 0.2) is 5.16 Å². The van der Waals surface area contributed by atoms with Crippen molar-refractivity contribution >= 4 is 28.7 Å². The lowest BCUT2D eigenvalue weighted by Crippen LogP contribution is -2.43. The van der Waals surface area contributed by atoms with Gasteiger partial charge in [0.1, 0.15) is 5.75 Å². The number of primary amides is 1. The van der Waals surface area contributed by atoms with Crippen LogP contribution in [-0.2, 0) is 4.79 Å². The zero-order valence-corrected chi connectivity index (χ0v) is 13.0. The van der Waals surface area contributed by atoms with Gasteiger partial charge in [-0.25, -0.2) is 4.98 Å². The lowest BCUT2D eigenvalue weighted by Gasteiger charge is -2.12. The van der Waals surface area contributed by atoms with Crippen LogP contribution in [0.25, 0.3) is 11.0 Å². The van der Waals surface area contributed by atoms with E-state index in [4.69, 9.17) is 10.5 Å². The van der Waals surface area contributed by atoms with Gasteiger partial charge < -0.3 is 20.8 Å². The van der Waals surface area contributed by atoms with E-state index >= 15 is 0 Å². The first kappa shape index (κ1) is 15.7. The Morgan fingerprint density at radius 3 is 3.00 bits per heavy atom. The number of nitrogens with one attached hydrogen (secondary N) is 2. The first-order valence-electron chi connectivity index (χ1n) is 6.92. The summed E-state index contributed by atoms with van der Waals surface area (Å²) in [5.41, 5.74) is 7.15. The number of nitrogens with zero attached hydrogens (tertiary/aromatic N) is 1. The van der Waals surface area contributed by atoms with E-state index < -0.39 is 0 Å². The molecule has 1 heterocycles. The van der Waals surface area contributed by atoms with Gasteiger partial charge in [-0.05, 0) is 25.6 Å². The minimum Gasteiger partial charge on any atom is -0.494 e. The van der Waals surface area contributed by atoms with Crippen molar-refractivity contribution in [3.05, 3.63) is 18.2 Å². The maximum absolute atomic E-state index is 11.3. The van der Waals surface area contributed by atoms with Crippen LogP contribution in [0.5, 0.6) is 5.75 Å². The molecular formula is C14H20N4O2S. The average Bonchev–Trinajstić information content (AvgIpc) is 2.85. The molecule has 0 saturated carbocycles. The molecule has 1 aromatic carbocycles. The maximum atomic E-state index is 11.3. The molecule has 0 aliphatic rings. The van der Waals surface area contributed by atoms with E-state index in [0.717, 1.165) is 21.9 Å². The van der Waals surface area contributed by atoms with Crippen LogP contribution in [0.2, 0.25) is 0 Å². The molecule has 6 nitrogen and oxygen atoms in total. The maximum Gasteiger partial charge on any atom is 0.235 e. The molecule has 0 bridgehead atoms. The Morgan fingerprint density at radius 1 is 1.52 bits per heavy atom. The van der Waals surface area contributed by atoms with E-state index in [2.05, 4.69) is 15.3 Å². The SMILES string of the molecule is CCNC(CSc1nc2ccc(OCC)cc2[nH]1)C(N)=O. The first-order chi connectivity index (χ1) is 10.1. The molecule has 7 heteroatoms. The molecule has 1 aromatic heterocycles. The van der Waals surface area contributed by atoms with Crippen LogP contribution in [0.4, 0.5) is 0 Å². The summed E-state index contributed by atoms with van der Waals surface area (Å²) >= 11 is 1.47. The third kappa shape index (κ3) is 4.12. The average molecular weight is 308 g/mol. The standard InChI is InChI=1S/C14H20N4O2S/c1-3-16-12(13(15)19)8-21-14-17-10-6-5-9(20-4-2)7-11(10)18-14/h5-7,12,16H,3-4,8H2,1-2H3,(H2,15,19)(H,17,18). The zero-order valence-electron chi connectivity index (χ0n) is 12.2. The van der Waals surface area contributed by atoms with Crippen LogP contribution in [0.1, 0.15) is 13.8 Å². The second kappa shape index (κ2) is 7.33. The topological polar surface area (TPSA) is 93.0 Å². The summed E-state index contributed by atoms with van der Waals surface area (Å²) in [6.07, 6.45) is 0. The van der Waals surface area contributed by atoms with Crippen molar-refractivity contribution in [3.8, 4) is 5.75 Å². The predicted octanol–water partition coefficient (Wildman–Crippen LogP) is 1.52. The van der Waals surface area contributed by atoms with Gasteiger partial charge >= 0.3 is 0 Å². The van der Waals surface area contributed by atoms with Crippen LogP contribution < -0.4 is 15.8 Å². The fourth-order valence-corrected chi connectivity index (χ4v) is 2.89. The molecule has 2 aromatic rings. The summed E-state index contributed by atoms with van der Waals surface area (Å²) in [4.78, 5) is 19.0. The third-order valence-electron chi connectivity index (χ3n) is 2.92. The largest absolute Gasteiger partial charge is 0.494 e. The molecule has 4 N–H and O–H groups in total. The number of hydrogen-bond acceptors (Lipinski definition) is 5. The number of nitrogens with two attached hydrogens (primary N) is 1. The number of likely N-dealkylation sites (N-methyl/N-ethyl adjacent to an activating group) is 1. The number of fused-ring (bicyclic) bond motifs is 1. The molecule has 1 amide bonds. The van der Waals surface area contributed by atoms with Gasteiger partial charge in [-0.15, -0.1) is 0 Å². The smallest absolute Gasteiger partial charge is 0.235 e. The Kier molecular flexibility index (Phi) is 5.46. The van der Waals surface area contributed by atoms with Gasteiger partial charge in [0, 0.05) is 11.8 Å². The van der Waals surface area contributed by atoms with Gasteiger partial charge in [-0.1, -0.05) is 18.7 Å². The highest BCUT2D eigenvalue weighted by atomic mass is 32.2. The van der Waals surface area contributed by atoms with Gasteiger partial charge in [-0.2, -0.15) is 0 Å². The second-order valence-electron chi connectivity index (χ2n) is 4.48. The number of aromatic nitrogens is 2. The Hall–Kier alpha value is -1.73. The molecule has 1 atom stereocenters. The molecular weight excluding hydrogens is 288 g/mol. The van der Waals surface area contributed by atoms with Crippen LogP contribution in [0, 0.1) is 0 Å². The van der Waals surface area contributed by atoms with E-state index in [1.165, 1.54) is 11.8 Å². The number of benzene rings is 1. The zero-order chi connectivity index (χ0) is 15.2. The Bertz CT molecular complexity index is 614. The van der Waals surface area contributed by atoms with Crippen molar-refractivity contribution in [2.24, 2.45) is 5.73 Å². The number of aromatic amines is 1. The number of amides is 1. The summed E-state index contributed by atoms with van der Waals surface area (Å²) in [6, 6.07) is 5.38. The highest BCUT2D eigenvalue weighted by Crippen LogP contribution is 2.23. The lowest BCUT2D eigenvalue weighted by molar-refractivity contribution is -0.119. The number of carbonyl (C=O) groups excluding carboxylic acids is 1. The number of thioether (sulfide) groups is 1. The van der Waals surface area contributed by atoms with Crippen molar-refractivity contribution in [2.75, 3.05) is 18.9 Å². The fourth-order valence-electron chi connectivity index (χ4n) is 1.94. The summed E-state index contributed by atoms with van der Waals surface area (Å²) in [5.74, 6) is 1.01. The minimum atomic E-state index is -0.354. The van der Waals surface area contributed by atoms with Gasteiger partial charge in [0.25, 0.3) is 0 Å². The van der Waals surface area contributed by atoms with Crippen LogP contribution in [-0.4, -0.2) is 40.8 Å². The molecule has 1 unspecified atom stereocenters. The second-order valence-corrected chi connectivity index (χ2v) is 5.49. The minimum absolute atomic E-state index is 0.348. The first-order valence-corrected chi connectivity index (χ1v) is 7.90. The van der Waals surface area contributed by atoms with E-state index in [-0.39, 0.29) is 11.9 Å².